The van der Waals surface area contributed by atoms with Crippen LogP contribution in [0.15, 0.2) is 18.2 Å². The third kappa shape index (κ3) is 4.22. The molecule has 2 heteroatoms. The predicted molar refractivity (Wildman–Crippen MR) is 72.6 cm³/mol. The second kappa shape index (κ2) is 7.88. The third-order valence-electron chi connectivity index (χ3n) is 2.84. The van der Waals surface area contributed by atoms with Crippen LogP contribution in [-0.4, -0.2) is 13.1 Å². The summed E-state index contributed by atoms with van der Waals surface area (Å²) < 4.78 is 4.71. The van der Waals surface area contributed by atoms with Crippen LogP contribution < -0.4 is 0 Å². The van der Waals surface area contributed by atoms with Gasteiger partial charge < -0.3 is 4.74 Å². The maximum Gasteiger partial charge on any atom is 0.337 e. The first-order valence-corrected chi connectivity index (χ1v) is 6.29. The second-order valence-corrected chi connectivity index (χ2v) is 3.87. The van der Waals surface area contributed by atoms with Crippen LogP contribution >= 0.6 is 0 Å². The molecule has 1 atom stereocenters. The lowest BCUT2D eigenvalue weighted by Crippen LogP contribution is -2.04. The smallest absolute Gasteiger partial charge is 0.337 e. The Labute approximate surface area is 105 Å². The minimum atomic E-state index is -0.264. The number of esters is 1. The van der Waals surface area contributed by atoms with E-state index in [9.17, 15) is 4.79 Å². The molecular weight excluding hydrogens is 212 g/mol. The van der Waals surface area contributed by atoms with Gasteiger partial charge >= 0.3 is 5.97 Å². The topological polar surface area (TPSA) is 26.3 Å². The van der Waals surface area contributed by atoms with Gasteiger partial charge in [-0.15, -0.1) is 0 Å². The van der Waals surface area contributed by atoms with Gasteiger partial charge in [0, 0.05) is 0 Å². The summed E-state index contributed by atoms with van der Waals surface area (Å²) in [6.07, 6.45) is 1.07. The molecule has 0 aromatic heterocycles. The van der Waals surface area contributed by atoms with Crippen molar-refractivity contribution < 1.29 is 9.53 Å². The number of methoxy groups -OCH3 is 1. The van der Waals surface area contributed by atoms with E-state index >= 15 is 0 Å². The molecule has 0 aliphatic carbocycles. The monoisotopic (exact) mass is 236 g/mol. The molecule has 0 fully saturated rings. The summed E-state index contributed by atoms with van der Waals surface area (Å²) in [4.78, 5) is 11.4. The zero-order valence-electron chi connectivity index (χ0n) is 11.8. The van der Waals surface area contributed by atoms with Crippen LogP contribution in [-0.2, 0) is 4.74 Å². The van der Waals surface area contributed by atoms with E-state index in [0.29, 0.717) is 11.5 Å². The zero-order chi connectivity index (χ0) is 13.4. The number of carbonyl (C=O) groups excluding carboxylic acids is 1. The van der Waals surface area contributed by atoms with Crippen molar-refractivity contribution in [3.05, 3.63) is 34.9 Å². The fourth-order valence-electron chi connectivity index (χ4n) is 1.64. The minimum absolute atomic E-state index is 0.264. The Bertz CT molecular complexity index is 356. The highest BCUT2D eigenvalue weighted by Crippen LogP contribution is 2.23. The lowest BCUT2D eigenvalue weighted by Gasteiger charge is -2.13. The van der Waals surface area contributed by atoms with Crippen LogP contribution in [0.4, 0.5) is 0 Å². The average Bonchev–Trinajstić information content (AvgIpc) is 2.39. The number of hydrogen-bond acceptors (Lipinski definition) is 2. The van der Waals surface area contributed by atoms with Gasteiger partial charge in [0.1, 0.15) is 0 Å². The van der Waals surface area contributed by atoms with Gasteiger partial charge in [-0.3, -0.25) is 0 Å². The Hall–Kier alpha value is -1.31. The largest absolute Gasteiger partial charge is 0.465 e. The van der Waals surface area contributed by atoms with Gasteiger partial charge in [0.25, 0.3) is 0 Å². The van der Waals surface area contributed by atoms with Gasteiger partial charge in [0.15, 0.2) is 0 Å². The molecule has 2 nitrogen and oxygen atoms in total. The van der Waals surface area contributed by atoms with Crippen LogP contribution in [0.5, 0.6) is 0 Å². The van der Waals surface area contributed by atoms with Crippen molar-refractivity contribution >= 4 is 5.97 Å². The Morgan fingerprint density at radius 2 is 1.94 bits per heavy atom. The number of carbonyl (C=O) groups is 1. The van der Waals surface area contributed by atoms with E-state index in [2.05, 4.69) is 20.8 Å². The summed E-state index contributed by atoms with van der Waals surface area (Å²) in [5.74, 6) is 0.217. The fraction of sp³-hybridized carbons (Fsp3) is 0.533. The molecule has 1 aromatic rings. The Morgan fingerprint density at radius 3 is 2.41 bits per heavy atom. The van der Waals surface area contributed by atoms with Gasteiger partial charge in [-0.1, -0.05) is 33.8 Å². The molecule has 1 unspecified atom stereocenters. The van der Waals surface area contributed by atoms with E-state index in [1.54, 1.807) is 0 Å². The fourth-order valence-corrected chi connectivity index (χ4v) is 1.64. The maximum atomic E-state index is 11.4. The molecule has 0 bridgehead atoms. The van der Waals surface area contributed by atoms with Gasteiger partial charge in [-0.05, 0) is 42.5 Å². The van der Waals surface area contributed by atoms with Gasteiger partial charge in [0.2, 0.25) is 0 Å². The molecule has 0 spiro atoms. The lowest BCUT2D eigenvalue weighted by atomic mass is 9.93. The Balaban J connectivity index is 0.00000121. The van der Waals surface area contributed by atoms with E-state index in [1.807, 2.05) is 32.0 Å². The summed E-state index contributed by atoms with van der Waals surface area (Å²) in [5, 5.41) is 0. The molecule has 0 N–H and O–H groups in total. The van der Waals surface area contributed by atoms with Crippen LogP contribution in [0.25, 0.3) is 0 Å². The summed E-state index contributed by atoms with van der Waals surface area (Å²) in [7, 11) is 1.41. The molecular formula is C15H24O2. The molecule has 0 radical (unpaired) electrons. The van der Waals surface area contributed by atoms with Gasteiger partial charge in [0.05, 0.1) is 12.7 Å². The van der Waals surface area contributed by atoms with E-state index < -0.39 is 0 Å². The van der Waals surface area contributed by atoms with Crippen LogP contribution in [0.1, 0.15) is 61.5 Å². The van der Waals surface area contributed by atoms with Crippen molar-refractivity contribution in [2.75, 3.05) is 7.11 Å². The first-order valence-electron chi connectivity index (χ1n) is 6.29. The Morgan fingerprint density at radius 1 is 1.35 bits per heavy atom. The number of aryl methyl sites for hydroxylation is 1. The molecule has 96 valence electrons. The van der Waals surface area contributed by atoms with E-state index in [-0.39, 0.29) is 5.97 Å². The molecule has 1 rings (SSSR count). The summed E-state index contributed by atoms with van der Waals surface area (Å²) in [5.41, 5.74) is 3.11. The SMILES string of the molecule is CC.CCC(C)c1cc(C(=O)OC)ccc1C. The number of rotatable bonds is 3. The molecule has 0 aliphatic heterocycles. The highest BCUT2D eigenvalue weighted by Gasteiger charge is 2.11. The number of ether oxygens (including phenoxy) is 1. The molecule has 0 saturated heterocycles. The minimum Gasteiger partial charge on any atom is -0.465 e. The third-order valence-corrected chi connectivity index (χ3v) is 2.84. The summed E-state index contributed by atoms with van der Waals surface area (Å²) >= 11 is 0. The van der Waals surface area contributed by atoms with Crippen molar-refractivity contribution in [2.45, 2.75) is 47.0 Å². The molecule has 17 heavy (non-hydrogen) atoms. The lowest BCUT2D eigenvalue weighted by molar-refractivity contribution is 0.0600. The summed E-state index contributed by atoms with van der Waals surface area (Å²) in [6, 6.07) is 5.73. The summed E-state index contributed by atoms with van der Waals surface area (Å²) in [6.45, 7) is 10.4. The standard InChI is InChI=1S/C13H18O2.C2H6/c1-5-9(2)12-8-11(13(14)15-4)7-6-10(12)3;1-2/h6-9H,5H2,1-4H3;1-2H3. The van der Waals surface area contributed by atoms with E-state index in [0.717, 1.165) is 6.42 Å². The van der Waals surface area contributed by atoms with E-state index in [1.165, 1.54) is 18.2 Å². The van der Waals surface area contributed by atoms with Crippen LogP contribution in [0, 0.1) is 6.92 Å². The maximum absolute atomic E-state index is 11.4. The normalized spacial score (nSPS) is 11.2. The Kier molecular flexibility index (Phi) is 7.27. The first kappa shape index (κ1) is 15.7. The van der Waals surface area contributed by atoms with E-state index in [4.69, 9.17) is 4.74 Å². The highest BCUT2D eigenvalue weighted by atomic mass is 16.5. The zero-order valence-corrected chi connectivity index (χ0v) is 11.8. The highest BCUT2D eigenvalue weighted by molar-refractivity contribution is 5.89. The van der Waals surface area contributed by atoms with Gasteiger partial charge in [-0.2, -0.15) is 0 Å². The average molecular weight is 236 g/mol. The van der Waals surface area contributed by atoms with Gasteiger partial charge in [-0.25, -0.2) is 4.79 Å². The first-order chi connectivity index (χ1) is 8.10. The molecule has 0 amide bonds. The van der Waals surface area contributed by atoms with Crippen LogP contribution in [0.3, 0.4) is 0 Å². The molecule has 0 aliphatic rings. The number of hydrogen-bond donors (Lipinski definition) is 0. The van der Waals surface area contributed by atoms with Crippen molar-refractivity contribution in [1.29, 1.82) is 0 Å². The second-order valence-electron chi connectivity index (χ2n) is 3.87. The molecule has 1 aromatic carbocycles. The van der Waals surface area contributed by atoms with Crippen LogP contribution in [0.2, 0.25) is 0 Å². The quantitative estimate of drug-likeness (QED) is 0.730. The van der Waals surface area contributed by atoms with Crippen molar-refractivity contribution in [3.8, 4) is 0 Å². The predicted octanol–water partition coefficient (Wildman–Crippen LogP) is 4.32. The van der Waals surface area contributed by atoms with Crippen molar-refractivity contribution in [1.82, 2.24) is 0 Å². The van der Waals surface area contributed by atoms with Crippen molar-refractivity contribution in [2.24, 2.45) is 0 Å². The number of benzene rings is 1. The molecule has 0 heterocycles. The van der Waals surface area contributed by atoms with Crippen molar-refractivity contribution in [3.63, 3.8) is 0 Å². The molecule has 0 saturated carbocycles.